The van der Waals surface area contributed by atoms with Crippen molar-refractivity contribution in [1.29, 1.82) is 0 Å². The van der Waals surface area contributed by atoms with Gasteiger partial charge in [0.1, 0.15) is 5.71 Å². The Kier molecular flexibility index (Phi) is 6.25. The summed E-state index contributed by atoms with van der Waals surface area (Å²) in [6, 6.07) is 3.78. The maximum absolute atomic E-state index is 12.8. The quantitative estimate of drug-likeness (QED) is 0.694. The molecule has 3 rings (SSSR count). The zero-order chi connectivity index (χ0) is 20.5. The van der Waals surface area contributed by atoms with E-state index in [4.69, 9.17) is 11.6 Å². The Morgan fingerprint density at radius 3 is 2.75 bits per heavy atom. The fourth-order valence-corrected chi connectivity index (χ4v) is 5.60. The third-order valence-corrected chi connectivity index (χ3v) is 7.33. The number of thioether (sulfide) groups is 1. The van der Waals surface area contributed by atoms with Gasteiger partial charge in [-0.15, -0.1) is 0 Å². The van der Waals surface area contributed by atoms with Crippen molar-refractivity contribution in [2.24, 2.45) is 5.10 Å². The molecule has 7 nitrogen and oxygen atoms in total. The van der Waals surface area contributed by atoms with Gasteiger partial charge in [0, 0.05) is 12.8 Å². The van der Waals surface area contributed by atoms with Crippen LogP contribution in [0.3, 0.4) is 0 Å². The average Bonchev–Trinajstić information content (AvgIpc) is 2.97. The van der Waals surface area contributed by atoms with Crippen LogP contribution in [0.15, 0.2) is 28.2 Å². The van der Waals surface area contributed by atoms with E-state index in [0.29, 0.717) is 0 Å². The largest absolute Gasteiger partial charge is 0.320 e. The molecule has 1 saturated heterocycles. The molecule has 2 amide bonds. The van der Waals surface area contributed by atoms with E-state index in [1.165, 1.54) is 18.2 Å². The zero-order valence-corrected chi connectivity index (χ0v) is 16.8. The molecule has 0 aromatic heterocycles. The summed E-state index contributed by atoms with van der Waals surface area (Å²) in [5.74, 6) is -3.96. The van der Waals surface area contributed by atoms with Gasteiger partial charge < -0.3 is 5.32 Å². The standard InChI is InChI=1S/C16H16ClF2N3O4S2/c17-10-2-1-3-11(14(10)27-16(18)19)20-15(24)12-4-5-13(23)22(21-12)9-6-7-28(25,26)8-9/h1-3,9,16H,4-8H2,(H,20,24). The van der Waals surface area contributed by atoms with Gasteiger partial charge in [-0.1, -0.05) is 29.4 Å². The van der Waals surface area contributed by atoms with Crippen molar-refractivity contribution in [3.63, 3.8) is 0 Å². The van der Waals surface area contributed by atoms with E-state index in [-0.39, 0.29) is 69.8 Å². The first-order valence-electron chi connectivity index (χ1n) is 8.31. The molecule has 2 heterocycles. The zero-order valence-electron chi connectivity index (χ0n) is 14.4. The molecule has 0 bridgehead atoms. The second kappa shape index (κ2) is 8.34. The Balaban J connectivity index is 1.80. The molecule has 1 N–H and O–H groups in total. The Morgan fingerprint density at radius 1 is 1.36 bits per heavy atom. The second-order valence-corrected chi connectivity index (χ2v) is 9.93. The molecule has 0 radical (unpaired) electrons. The van der Waals surface area contributed by atoms with E-state index in [1.54, 1.807) is 0 Å². The highest BCUT2D eigenvalue weighted by Gasteiger charge is 2.37. The van der Waals surface area contributed by atoms with E-state index in [2.05, 4.69) is 10.4 Å². The summed E-state index contributed by atoms with van der Waals surface area (Å²) >= 11 is 6.16. The van der Waals surface area contributed by atoms with Crippen LogP contribution in [0.5, 0.6) is 0 Å². The fraction of sp³-hybridized carbons (Fsp3) is 0.438. The molecule has 0 aliphatic carbocycles. The monoisotopic (exact) mass is 451 g/mol. The maximum Gasteiger partial charge on any atom is 0.289 e. The van der Waals surface area contributed by atoms with E-state index < -0.39 is 27.5 Å². The maximum atomic E-state index is 12.8. The number of halogens is 3. The fourth-order valence-electron chi connectivity index (χ4n) is 3.00. The van der Waals surface area contributed by atoms with Crippen molar-refractivity contribution in [2.75, 3.05) is 16.8 Å². The van der Waals surface area contributed by atoms with Crippen LogP contribution >= 0.6 is 23.4 Å². The number of nitrogens with one attached hydrogen (secondary N) is 1. The first-order chi connectivity index (χ1) is 13.2. The molecule has 1 aromatic carbocycles. The molecule has 12 heteroatoms. The van der Waals surface area contributed by atoms with Gasteiger partial charge in [-0.3, -0.25) is 9.59 Å². The number of carbonyl (C=O) groups is 2. The molecule has 2 aliphatic heterocycles. The first kappa shape index (κ1) is 21.0. The van der Waals surface area contributed by atoms with Crippen molar-refractivity contribution < 1.29 is 26.8 Å². The topological polar surface area (TPSA) is 95.9 Å². The van der Waals surface area contributed by atoms with Crippen LogP contribution in [0.1, 0.15) is 19.3 Å². The molecule has 1 aromatic rings. The predicted molar refractivity (Wildman–Crippen MR) is 103 cm³/mol. The van der Waals surface area contributed by atoms with Crippen LogP contribution in [0.25, 0.3) is 0 Å². The van der Waals surface area contributed by atoms with Gasteiger partial charge in [0.05, 0.1) is 33.2 Å². The van der Waals surface area contributed by atoms with Crippen molar-refractivity contribution in [3.8, 4) is 0 Å². The highest BCUT2D eigenvalue weighted by Crippen LogP contribution is 2.37. The van der Waals surface area contributed by atoms with Gasteiger partial charge in [-0.05, 0) is 18.6 Å². The summed E-state index contributed by atoms with van der Waals surface area (Å²) in [6.07, 6.45) is 0.339. The van der Waals surface area contributed by atoms with Crippen molar-refractivity contribution >= 4 is 56.4 Å². The van der Waals surface area contributed by atoms with Crippen LogP contribution in [-0.2, 0) is 19.4 Å². The number of nitrogens with zero attached hydrogens (tertiary/aromatic N) is 2. The first-order valence-corrected chi connectivity index (χ1v) is 11.4. The third-order valence-electron chi connectivity index (χ3n) is 4.30. The van der Waals surface area contributed by atoms with Gasteiger partial charge >= 0.3 is 0 Å². The lowest BCUT2D eigenvalue weighted by Crippen LogP contribution is -2.42. The summed E-state index contributed by atoms with van der Waals surface area (Å²) in [4.78, 5) is 24.7. The summed E-state index contributed by atoms with van der Waals surface area (Å²) in [5.41, 5.74) is 0.134. The van der Waals surface area contributed by atoms with Gasteiger partial charge in [-0.25, -0.2) is 13.4 Å². The molecule has 152 valence electrons. The van der Waals surface area contributed by atoms with Crippen molar-refractivity contribution in [1.82, 2.24) is 5.01 Å². The SMILES string of the molecule is O=C(Nc1cccc(Cl)c1SC(F)F)C1=NN(C2CCS(=O)(=O)C2)C(=O)CC1. The lowest BCUT2D eigenvalue weighted by molar-refractivity contribution is -0.133. The normalized spacial score (nSPS) is 21.7. The highest BCUT2D eigenvalue weighted by molar-refractivity contribution is 7.99. The number of amides is 2. The Morgan fingerprint density at radius 2 is 2.11 bits per heavy atom. The lowest BCUT2D eigenvalue weighted by atomic mass is 10.1. The van der Waals surface area contributed by atoms with Gasteiger partial charge in [0.25, 0.3) is 11.7 Å². The van der Waals surface area contributed by atoms with Crippen LogP contribution < -0.4 is 5.32 Å². The molecule has 28 heavy (non-hydrogen) atoms. The Bertz CT molecular complexity index is 940. The highest BCUT2D eigenvalue weighted by atomic mass is 35.5. The minimum Gasteiger partial charge on any atom is -0.320 e. The number of carbonyl (C=O) groups excluding carboxylic acids is 2. The summed E-state index contributed by atoms with van der Waals surface area (Å²) in [7, 11) is -3.23. The lowest BCUT2D eigenvalue weighted by Gasteiger charge is -2.27. The number of anilines is 1. The molecule has 1 unspecified atom stereocenters. The van der Waals surface area contributed by atoms with E-state index in [0.717, 1.165) is 5.01 Å². The number of benzene rings is 1. The number of hydrazone groups is 1. The molecule has 0 saturated carbocycles. The van der Waals surface area contributed by atoms with Crippen molar-refractivity contribution in [2.45, 2.75) is 36.0 Å². The molecular formula is C16H16ClF2N3O4S2. The van der Waals surface area contributed by atoms with Gasteiger partial charge in [-0.2, -0.15) is 13.9 Å². The Hall–Kier alpha value is -1.72. The molecule has 0 spiro atoms. The molecule has 1 atom stereocenters. The van der Waals surface area contributed by atoms with Gasteiger partial charge in [0.2, 0.25) is 5.91 Å². The number of sulfone groups is 1. The van der Waals surface area contributed by atoms with Crippen molar-refractivity contribution in [3.05, 3.63) is 23.2 Å². The molecule has 2 aliphatic rings. The summed E-state index contributed by atoms with van der Waals surface area (Å²) in [6.45, 7) is 0. The third kappa shape index (κ3) is 4.81. The average molecular weight is 452 g/mol. The van der Waals surface area contributed by atoms with Gasteiger partial charge in [0.15, 0.2) is 9.84 Å². The molecular weight excluding hydrogens is 436 g/mol. The Labute approximate surface area is 169 Å². The number of hydrogen-bond acceptors (Lipinski definition) is 6. The van der Waals surface area contributed by atoms with Crippen LogP contribution in [0, 0.1) is 0 Å². The summed E-state index contributed by atoms with van der Waals surface area (Å²) < 4.78 is 48.9. The summed E-state index contributed by atoms with van der Waals surface area (Å²) in [5, 5.41) is 7.70. The van der Waals surface area contributed by atoms with Crippen LogP contribution in [0.2, 0.25) is 5.02 Å². The van der Waals surface area contributed by atoms with Crippen LogP contribution in [0.4, 0.5) is 14.5 Å². The number of hydrogen-bond donors (Lipinski definition) is 1. The van der Waals surface area contributed by atoms with Crippen LogP contribution in [-0.4, -0.2) is 54.3 Å². The number of alkyl halides is 2. The second-order valence-electron chi connectivity index (χ2n) is 6.29. The predicted octanol–water partition coefficient (Wildman–Crippen LogP) is 2.76. The smallest absolute Gasteiger partial charge is 0.289 e. The number of rotatable bonds is 5. The minimum absolute atomic E-state index is 0.0109. The molecule has 1 fully saturated rings. The van der Waals surface area contributed by atoms with E-state index in [1.807, 2.05) is 0 Å². The van der Waals surface area contributed by atoms with E-state index >= 15 is 0 Å². The van der Waals surface area contributed by atoms with E-state index in [9.17, 15) is 26.8 Å². The minimum atomic E-state index is -3.23.